The van der Waals surface area contributed by atoms with E-state index >= 15 is 0 Å². The lowest BCUT2D eigenvalue weighted by Gasteiger charge is -2.46. The van der Waals surface area contributed by atoms with E-state index in [2.05, 4.69) is 25.2 Å². The van der Waals surface area contributed by atoms with Crippen molar-refractivity contribution in [2.75, 3.05) is 20.1 Å². The van der Waals surface area contributed by atoms with Gasteiger partial charge < -0.3 is 14.8 Å². The number of hydrogen-bond acceptors (Lipinski definition) is 4. The molecule has 2 amide bonds. The molecule has 0 saturated carbocycles. The Balaban J connectivity index is 2.09. The molecule has 1 saturated heterocycles. The highest BCUT2D eigenvalue weighted by molar-refractivity contribution is 5.94. The van der Waals surface area contributed by atoms with Crippen molar-refractivity contribution < 1.29 is 9.59 Å². The molecule has 0 atom stereocenters. The van der Waals surface area contributed by atoms with Gasteiger partial charge in [0.15, 0.2) is 0 Å². The van der Waals surface area contributed by atoms with Gasteiger partial charge in [-0.2, -0.15) is 5.26 Å². The fourth-order valence-corrected chi connectivity index (χ4v) is 3.71. The van der Waals surface area contributed by atoms with Crippen molar-refractivity contribution in [3.05, 3.63) is 51.0 Å². The maximum Gasteiger partial charge on any atom is 0.264 e. The molecule has 1 aromatic heterocycles. The molecule has 1 aromatic rings. The van der Waals surface area contributed by atoms with Crippen molar-refractivity contribution in [1.29, 1.82) is 5.26 Å². The molecule has 2 aliphatic rings. The van der Waals surface area contributed by atoms with Crippen molar-refractivity contribution in [2.45, 2.75) is 33.2 Å². The van der Waals surface area contributed by atoms with E-state index in [4.69, 9.17) is 0 Å². The van der Waals surface area contributed by atoms with Crippen LogP contribution in [0.4, 0.5) is 0 Å². The van der Waals surface area contributed by atoms with Gasteiger partial charge >= 0.3 is 0 Å². The number of carbonyl (C=O) groups excluding carboxylic acids is 2. The fourth-order valence-electron chi connectivity index (χ4n) is 3.71. The zero-order valence-electron chi connectivity index (χ0n) is 16.4. The van der Waals surface area contributed by atoms with E-state index in [1.165, 1.54) is 17.7 Å². The van der Waals surface area contributed by atoms with Gasteiger partial charge in [0, 0.05) is 25.8 Å². The predicted octanol–water partition coefficient (Wildman–Crippen LogP) is 1.49. The van der Waals surface area contributed by atoms with E-state index < -0.39 is 11.5 Å². The van der Waals surface area contributed by atoms with Gasteiger partial charge in [-0.25, -0.2) is 0 Å². The summed E-state index contributed by atoms with van der Waals surface area (Å²) in [4.78, 5) is 39.7. The molecule has 28 heavy (non-hydrogen) atoms. The predicted molar refractivity (Wildman–Crippen MR) is 106 cm³/mol. The molecule has 0 unspecified atom stereocenters. The first-order valence-corrected chi connectivity index (χ1v) is 9.30. The van der Waals surface area contributed by atoms with E-state index in [0.717, 1.165) is 0 Å². The average Bonchev–Trinajstić information content (AvgIpc) is 2.62. The second-order valence-electron chi connectivity index (χ2n) is 8.00. The molecule has 0 radical (unpaired) electrons. The Bertz CT molecular complexity index is 984. The minimum atomic E-state index is -0.511. The van der Waals surface area contributed by atoms with Crippen LogP contribution in [-0.2, 0) is 17.8 Å². The summed E-state index contributed by atoms with van der Waals surface area (Å²) >= 11 is 0. The molecular weight excluding hydrogens is 356 g/mol. The van der Waals surface area contributed by atoms with E-state index in [1.807, 2.05) is 6.08 Å². The van der Waals surface area contributed by atoms with Gasteiger partial charge in [0.1, 0.15) is 12.1 Å². The first kappa shape index (κ1) is 19.6. The highest BCUT2D eigenvalue weighted by atomic mass is 16.2. The third-order valence-corrected chi connectivity index (χ3v) is 5.08. The molecule has 146 valence electrons. The van der Waals surface area contributed by atoms with Crippen LogP contribution in [0.3, 0.4) is 0 Å². The maximum absolute atomic E-state index is 13.0. The van der Waals surface area contributed by atoms with Crippen LogP contribution >= 0.6 is 0 Å². The molecule has 1 fully saturated rings. The number of nitrogens with zero attached hydrogens (tertiary/aromatic N) is 3. The van der Waals surface area contributed by atoms with Crippen LogP contribution in [0.5, 0.6) is 0 Å². The number of rotatable bonds is 3. The number of fused-ring (bicyclic) bond motifs is 1. The maximum atomic E-state index is 13.0. The Morgan fingerprint density at radius 3 is 2.64 bits per heavy atom. The van der Waals surface area contributed by atoms with Crippen LogP contribution < -0.4 is 10.9 Å². The Morgan fingerprint density at radius 2 is 2.04 bits per heavy atom. The lowest BCUT2D eigenvalue weighted by molar-refractivity contribution is -0.142. The normalized spacial score (nSPS) is 17.4. The number of allylic oxidation sites excluding steroid dienone is 3. The van der Waals surface area contributed by atoms with Gasteiger partial charge in [0.05, 0.1) is 11.6 Å². The molecule has 3 rings (SSSR count). The van der Waals surface area contributed by atoms with Crippen LogP contribution in [0.25, 0.3) is 6.08 Å². The summed E-state index contributed by atoms with van der Waals surface area (Å²) in [7, 11) is 1.45. The van der Waals surface area contributed by atoms with Crippen LogP contribution in [0.15, 0.2) is 28.6 Å². The van der Waals surface area contributed by atoms with Crippen molar-refractivity contribution in [3.8, 4) is 6.07 Å². The Kier molecular flexibility index (Phi) is 5.23. The Hall–Kier alpha value is -3.14. The minimum Gasteiger partial charge on any atom is -0.355 e. The van der Waals surface area contributed by atoms with Gasteiger partial charge in [-0.3, -0.25) is 14.4 Å². The zero-order valence-corrected chi connectivity index (χ0v) is 16.4. The van der Waals surface area contributed by atoms with E-state index in [1.54, 1.807) is 17.1 Å². The quantitative estimate of drug-likeness (QED) is 0.859. The fraction of sp³-hybridized carbons (Fsp3) is 0.429. The summed E-state index contributed by atoms with van der Waals surface area (Å²) in [6.45, 7) is 5.37. The number of pyridine rings is 1. The molecule has 7 nitrogen and oxygen atoms in total. The van der Waals surface area contributed by atoms with Crippen molar-refractivity contribution >= 4 is 17.9 Å². The summed E-state index contributed by atoms with van der Waals surface area (Å²) in [5.74, 6) is -0.650. The van der Waals surface area contributed by atoms with Crippen molar-refractivity contribution in [3.63, 3.8) is 0 Å². The minimum absolute atomic E-state index is 0.0314. The molecule has 0 spiro atoms. The summed E-state index contributed by atoms with van der Waals surface area (Å²) in [6.07, 6.45) is 6.44. The number of nitrogens with one attached hydrogen (secondary N) is 1. The largest absolute Gasteiger partial charge is 0.355 e. The van der Waals surface area contributed by atoms with E-state index in [0.29, 0.717) is 42.8 Å². The average molecular weight is 380 g/mol. The number of carbonyl (C=O) groups is 2. The topological polar surface area (TPSA) is 95.2 Å². The number of likely N-dealkylation sites (tertiary alicyclic amines) is 1. The van der Waals surface area contributed by atoms with Gasteiger partial charge in [-0.1, -0.05) is 19.9 Å². The lowest BCUT2D eigenvalue weighted by Crippen LogP contribution is -2.56. The van der Waals surface area contributed by atoms with Crippen LogP contribution in [0, 0.1) is 16.7 Å². The Morgan fingerprint density at radius 1 is 1.32 bits per heavy atom. The summed E-state index contributed by atoms with van der Waals surface area (Å²) in [5.41, 5.74) is 1.30. The monoisotopic (exact) mass is 380 g/mol. The number of amides is 2. The summed E-state index contributed by atoms with van der Waals surface area (Å²) < 4.78 is 1.40. The molecule has 0 aromatic carbocycles. The third-order valence-electron chi connectivity index (χ3n) is 5.08. The van der Waals surface area contributed by atoms with Gasteiger partial charge in [0.25, 0.3) is 11.5 Å². The molecule has 2 heterocycles. The number of hydrogen-bond donors (Lipinski definition) is 1. The molecular formula is C21H24N4O3. The molecule has 7 heteroatoms. The molecule has 1 N–H and O–H groups in total. The second-order valence-corrected chi connectivity index (χ2v) is 8.00. The number of nitriles is 1. The second kappa shape index (κ2) is 7.47. The highest BCUT2D eigenvalue weighted by Gasteiger charge is 2.37. The standard InChI is InChI=1S/C21H24N4O3/c1-21(2)12-24(13-21)18(26)11-25-17-7-5-4-6-14(10-22)8-15(17)9-16(20(25)28)19(27)23-3/h4,6,8-9H,5,7,11-13H2,1-3H3,(H,23,27). The molecule has 1 aliphatic heterocycles. The first-order chi connectivity index (χ1) is 13.3. The lowest BCUT2D eigenvalue weighted by atomic mass is 9.84. The van der Waals surface area contributed by atoms with Crippen LogP contribution in [0.1, 0.15) is 41.9 Å². The molecule has 1 aliphatic carbocycles. The zero-order chi connectivity index (χ0) is 20.5. The van der Waals surface area contributed by atoms with Crippen molar-refractivity contribution in [2.24, 2.45) is 5.41 Å². The van der Waals surface area contributed by atoms with Gasteiger partial charge in [0.2, 0.25) is 5.91 Å². The Labute approximate surface area is 163 Å². The van der Waals surface area contributed by atoms with Crippen molar-refractivity contribution in [1.82, 2.24) is 14.8 Å². The summed E-state index contributed by atoms with van der Waals surface area (Å²) in [5, 5.41) is 11.8. The van der Waals surface area contributed by atoms with Crippen LogP contribution in [0.2, 0.25) is 0 Å². The highest BCUT2D eigenvalue weighted by Crippen LogP contribution is 2.29. The van der Waals surface area contributed by atoms with E-state index in [9.17, 15) is 19.6 Å². The van der Waals surface area contributed by atoms with Gasteiger partial charge in [-0.15, -0.1) is 0 Å². The van der Waals surface area contributed by atoms with Crippen LogP contribution in [-0.4, -0.2) is 41.4 Å². The first-order valence-electron chi connectivity index (χ1n) is 9.30. The SMILES string of the molecule is CNC(=O)c1cc2c(n(CC(=O)N3CC(C)(C)C3)c1=O)CCC=CC(C#N)=C2. The van der Waals surface area contributed by atoms with Gasteiger partial charge in [-0.05, 0) is 42.0 Å². The summed E-state index contributed by atoms with van der Waals surface area (Å²) in [6, 6.07) is 3.62. The van der Waals surface area contributed by atoms with E-state index in [-0.39, 0.29) is 23.4 Å². The smallest absolute Gasteiger partial charge is 0.264 e. The number of aromatic nitrogens is 1. The molecule has 0 bridgehead atoms. The third kappa shape index (κ3) is 3.77.